The molecule has 1 aliphatic rings. The second kappa shape index (κ2) is 4.48. The fraction of sp³-hybridized carbons (Fsp3) is 0. The molecule has 0 heterocycles. The predicted molar refractivity (Wildman–Crippen MR) is 62.9 cm³/mol. The first-order chi connectivity index (χ1) is 8.72. The van der Waals surface area contributed by atoms with Gasteiger partial charge in [0.2, 0.25) is 5.78 Å². The quantitative estimate of drug-likeness (QED) is 0.401. The van der Waals surface area contributed by atoms with Gasteiger partial charge in [-0.25, -0.2) is 0 Å². The number of ketones is 1. The number of nitriles is 2. The maximum absolute atomic E-state index is 11.6. The molecule has 0 atom stereocenters. The molecule has 1 aliphatic carbocycles. The molecule has 0 N–H and O–H groups in total. The van der Waals surface area contributed by atoms with E-state index in [1.807, 2.05) is 0 Å². The average Bonchev–Trinajstić information content (AvgIpc) is 2.78. The van der Waals surface area contributed by atoms with Crippen LogP contribution >= 0.6 is 0 Å². The van der Waals surface area contributed by atoms with Crippen molar-refractivity contribution < 1.29 is 9.59 Å². The minimum atomic E-state index is -0.728. The molecule has 84 valence electrons. The van der Waals surface area contributed by atoms with Gasteiger partial charge < -0.3 is 0 Å². The number of benzene rings is 1. The minimum absolute atomic E-state index is 0.124. The van der Waals surface area contributed by atoms with E-state index in [0.29, 0.717) is 5.22 Å². The van der Waals surface area contributed by atoms with Crippen LogP contribution < -0.4 is 10.4 Å². The lowest BCUT2D eigenvalue weighted by Crippen LogP contribution is -2.24. The van der Waals surface area contributed by atoms with Crippen LogP contribution in [0.15, 0.2) is 35.4 Å². The van der Waals surface area contributed by atoms with E-state index in [4.69, 9.17) is 10.5 Å². The fourth-order valence-electron chi connectivity index (χ4n) is 1.89. The van der Waals surface area contributed by atoms with Crippen molar-refractivity contribution in [3.63, 3.8) is 0 Å². The van der Waals surface area contributed by atoms with Crippen molar-refractivity contribution in [2.24, 2.45) is 0 Å². The number of hydrogen-bond donors (Lipinski definition) is 0. The zero-order valence-corrected chi connectivity index (χ0v) is 9.18. The van der Waals surface area contributed by atoms with Crippen LogP contribution in [0.4, 0.5) is 0 Å². The second-order valence-corrected chi connectivity index (χ2v) is 3.60. The Kier molecular flexibility index (Phi) is 2.87. The summed E-state index contributed by atoms with van der Waals surface area (Å²) in [5.41, 5.74) is 0.174. The summed E-state index contributed by atoms with van der Waals surface area (Å²) in [6.07, 6.45) is 1.77. The molecule has 0 aromatic heterocycles. The summed E-state index contributed by atoms with van der Waals surface area (Å²) in [5, 5.41) is 19.0. The first-order valence-corrected chi connectivity index (χ1v) is 5.08. The summed E-state index contributed by atoms with van der Waals surface area (Å²) in [6.45, 7) is 0. The Hall–Kier alpha value is -2.98. The van der Waals surface area contributed by atoms with Crippen molar-refractivity contribution in [1.29, 1.82) is 10.5 Å². The van der Waals surface area contributed by atoms with Crippen LogP contribution in [0, 0.1) is 22.7 Å². The fourth-order valence-corrected chi connectivity index (χ4v) is 1.89. The Morgan fingerprint density at radius 3 is 2.44 bits per heavy atom. The molecule has 0 bridgehead atoms. The van der Waals surface area contributed by atoms with Crippen LogP contribution in [0.2, 0.25) is 0 Å². The smallest absolute Gasteiger partial charge is 0.226 e. The van der Waals surface area contributed by atoms with E-state index in [1.165, 1.54) is 0 Å². The van der Waals surface area contributed by atoms with Crippen molar-refractivity contribution in [3.8, 4) is 12.1 Å². The summed E-state index contributed by atoms with van der Waals surface area (Å²) in [6, 6.07) is 10.4. The SMILES string of the molecule is N#CC(C#N)=C1C=c2ccccc2=C1C(=O)C=O. The van der Waals surface area contributed by atoms with Crippen molar-refractivity contribution in [3.05, 3.63) is 45.8 Å². The van der Waals surface area contributed by atoms with E-state index < -0.39 is 5.78 Å². The van der Waals surface area contributed by atoms with Crippen LogP contribution in [0.1, 0.15) is 0 Å². The third-order valence-corrected chi connectivity index (χ3v) is 2.65. The van der Waals surface area contributed by atoms with Gasteiger partial charge in [-0.3, -0.25) is 9.59 Å². The zero-order valence-electron chi connectivity index (χ0n) is 9.18. The topological polar surface area (TPSA) is 81.7 Å². The number of carbonyl (C=O) groups excluding carboxylic acids is 2. The van der Waals surface area contributed by atoms with Crippen LogP contribution in [0.3, 0.4) is 0 Å². The lowest BCUT2D eigenvalue weighted by Gasteiger charge is -1.98. The number of aldehydes is 1. The van der Waals surface area contributed by atoms with Gasteiger partial charge in [-0.2, -0.15) is 10.5 Å². The highest BCUT2D eigenvalue weighted by atomic mass is 16.2. The van der Waals surface area contributed by atoms with Gasteiger partial charge in [0.05, 0.1) is 0 Å². The maximum Gasteiger partial charge on any atom is 0.226 e. The standard InChI is InChI=1S/C14H6N2O2/c15-6-10(7-16)12-5-9-3-1-2-4-11(9)14(12)13(18)8-17/h1-5,8H. The van der Waals surface area contributed by atoms with Gasteiger partial charge in [0.15, 0.2) is 6.29 Å². The molecule has 0 amide bonds. The molecule has 4 heteroatoms. The first-order valence-electron chi connectivity index (χ1n) is 5.08. The zero-order chi connectivity index (χ0) is 13.1. The van der Waals surface area contributed by atoms with E-state index in [-0.39, 0.29) is 23.0 Å². The molecule has 1 aromatic carbocycles. The van der Waals surface area contributed by atoms with Gasteiger partial charge in [-0.15, -0.1) is 0 Å². The maximum atomic E-state index is 11.6. The molecule has 0 unspecified atom stereocenters. The lowest BCUT2D eigenvalue weighted by atomic mass is 10.00. The van der Waals surface area contributed by atoms with E-state index in [9.17, 15) is 9.59 Å². The van der Waals surface area contributed by atoms with Crippen molar-refractivity contribution in [2.45, 2.75) is 0 Å². The molecule has 0 saturated carbocycles. The van der Waals surface area contributed by atoms with Gasteiger partial charge >= 0.3 is 0 Å². The third-order valence-electron chi connectivity index (χ3n) is 2.65. The molecule has 18 heavy (non-hydrogen) atoms. The monoisotopic (exact) mass is 234 g/mol. The van der Waals surface area contributed by atoms with Gasteiger partial charge in [0, 0.05) is 11.1 Å². The molecule has 1 aromatic rings. The first kappa shape index (κ1) is 11.5. The van der Waals surface area contributed by atoms with Crippen LogP contribution in [-0.4, -0.2) is 12.1 Å². The molecule has 0 aliphatic heterocycles. The Labute approximate surface area is 102 Å². The number of rotatable bonds is 2. The number of fused-ring (bicyclic) bond motifs is 1. The largest absolute Gasteiger partial charge is 0.294 e. The predicted octanol–water partition coefficient (Wildman–Crippen LogP) is -0.257. The summed E-state index contributed by atoms with van der Waals surface area (Å²) in [4.78, 5) is 22.3. The third kappa shape index (κ3) is 1.63. The van der Waals surface area contributed by atoms with Gasteiger partial charge in [0.1, 0.15) is 17.7 Å². The van der Waals surface area contributed by atoms with E-state index in [1.54, 1.807) is 42.5 Å². The Balaban J connectivity index is 2.94. The van der Waals surface area contributed by atoms with Crippen LogP contribution in [0.5, 0.6) is 0 Å². The molecule has 0 spiro atoms. The Morgan fingerprint density at radius 1 is 1.17 bits per heavy atom. The van der Waals surface area contributed by atoms with Crippen LogP contribution in [-0.2, 0) is 9.59 Å². The molecular formula is C14H6N2O2. The van der Waals surface area contributed by atoms with Gasteiger partial charge in [-0.1, -0.05) is 24.3 Å². The van der Waals surface area contributed by atoms with Gasteiger partial charge in [-0.05, 0) is 16.5 Å². The Morgan fingerprint density at radius 2 is 1.83 bits per heavy atom. The lowest BCUT2D eigenvalue weighted by molar-refractivity contribution is -0.126. The normalized spacial score (nSPS) is 11.9. The van der Waals surface area contributed by atoms with E-state index in [2.05, 4.69) is 0 Å². The Bertz CT molecular complexity index is 770. The summed E-state index contributed by atoms with van der Waals surface area (Å²) >= 11 is 0. The van der Waals surface area contributed by atoms with Crippen molar-refractivity contribution in [2.75, 3.05) is 0 Å². The summed E-state index contributed by atoms with van der Waals surface area (Å²) in [5.74, 6) is -0.728. The molecule has 0 fully saturated rings. The number of allylic oxidation sites excluding steroid dienone is 2. The van der Waals surface area contributed by atoms with Crippen molar-refractivity contribution in [1.82, 2.24) is 0 Å². The summed E-state index contributed by atoms with van der Waals surface area (Å²) < 4.78 is 0. The minimum Gasteiger partial charge on any atom is -0.294 e. The van der Waals surface area contributed by atoms with Crippen molar-refractivity contribution >= 4 is 23.7 Å². The molecule has 2 rings (SSSR count). The van der Waals surface area contributed by atoms with Crippen LogP contribution in [0.25, 0.3) is 11.6 Å². The molecule has 0 saturated heterocycles. The highest BCUT2D eigenvalue weighted by molar-refractivity contribution is 6.47. The van der Waals surface area contributed by atoms with E-state index >= 15 is 0 Å². The van der Waals surface area contributed by atoms with E-state index in [0.717, 1.165) is 5.22 Å². The molecule has 4 nitrogen and oxygen atoms in total. The average molecular weight is 234 g/mol. The highest BCUT2D eigenvalue weighted by Gasteiger charge is 2.21. The number of carbonyl (C=O) groups is 2. The summed E-state index contributed by atoms with van der Waals surface area (Å²) in [7, 11) is 0. The number of nitrogens with zero attached hydrogens (tertiary/aromatic N) is 2. The highest BCUT2D eigenvalue weighted by Crippen LogP contribution is 2.19. The number of Topliss-reactive ketones (excluding diaryl/α,β-unsaturated/α-hetero) is 1. The number of hydrogen-bond acceptors (Lipinski definition) is 4. The molecule has 0 radical (unpaired) electrons. The van der Waals surface area contributed by atoms with Gasteiger partial charge in [0.25, 0.3) is 0 Å². The second-order valence-electron chi connectivity index (χ2n) is 3.60. The molecular weight excluding hydrogens is 228 g/mol.